The molecule has 0 spiro atoms. The summed E-state index contributed by atoms with van der Waals surface area (Å²) in [5.41, 5.74) is 13.4. The lowest BCUT2D eigenvalue weighted by molar-refractivity contribution is -0.119. The van der Waals surface area contributed by atoms with Crippen molar-refractivity contribution in [1.82, 2.24) is 50.2 Å². The molecule has 0 saturated heterocycles. The monoisotopic (exact) mass is 979 g/mol. The highest BCUT2D eigenvalue weighted by molar-refractivity contribution is 5.95. The first-order chi connectivity index (χ1) is 31.9. The van der Waals surface area contributed by atoms with Gasteiger partial charge in [0.05, 0.1) is 6.20 Å². The van der Waals surface area contributed by atoms with Gasteiger partial charge < -0.3 is 51.7 Å². The molecule has 0 saturated carbocycles. The molecule has 0 radical (unpaired) electrons. The molecule has 21 heteroatoms. The van der Waals surface area contributed by atoms with Crippen molar-refractivity contribution < 1.29 is 18.4 Å². The van der Waals surface area contributed by atoms with Crippen LogP contribution in [0, 0.1) is 18.8 Å². The number of nitrogens with two attached hydrogens (primary N) is 2. The van der Waals surface area contributed by atoms with E-state index in [1.165, 1.54) is 17.7 Å². The second-order valence-electron chi connectivity index (χ2n) is 17.4. The molecular formula is C49H76F2N14O5. The molecule has 2 amide bonds. The third-order valence-corrected chi connectivity index (χ3v) is 9.61. The fourth-order valence-corrected chi connectivity index (χ4v) is 5.84. The summed E-state index contributed by atoms with van der Waals surface area (Å²) in [5.74, 6) is 1.11. The van der Waals surface area contributed by atoms with Crippen LogP contribution in [0.5, 0.6) is 0 Å². The summed E-state index contributed by atoms with van der Waals surface area (Å²) in [6.07, 6.45) is 11.0. The predicted molar refractivity (Wildman–Crippen MR) is 277 cm³/mol. The Morgan fingerprint density at radius 1 is 0.700 bits per heavy atom. The molecule has 0 atom stereocenters. The molecule has 0 unspecified atom stereocenters. The molecule has 4 aliphatic heterocycles. The van der Waals surface area contributed by atoms with Gasteiger partial charge in [-0.3, -0.25) is 24.2 Å². The van der Waals surface area contributed by atoms with Crippen LogP contribution in [-0.2, 0) is 9.59 Å². The molecule has 386 valence electrons. The number of halogens is 2. The molecule has 0 aromatic carbocycles. The second-order valence-corrected chi connectivity index (χ2v) is 17.4. The molecule has 0 bridgehead atoms. The first-order valence-electron chi connectivity index (χ1n) is 22.1. The number of guanidine groups is 1. The van der Waals surface area contributed by atoms with Gasteiger partial charge >= 0.3 is 5.69 Å². The summed E-state index contributed by atoms with van der Waals surface area (Å²) in [6, 6.07) is 0.765. The lowest BCUT2D eigenvalue weighted by Crippen LogP contribution is -2.40. The predicted octanol–water partition coefficient (Wildman–Crippen LogP) is 6.42. The number of carbonyl (C=O) groups excluding carboxylic acids is 2. The zero-order valence-electron chi connectivity index (χ0n) is 42.4. The highest BCUT2D eigenvalue weighted by Gasteiger charge is 2.22. The Morgan fingerprint density at radius 2 is 1.23 bits per heavy atom. The Bertz CT molecular complexity index is 2520. The van der Waals surface area contributed by atoms with E-state index in [9.17, 15) is 32.8 Å². The summed E-state index contributed by atoms with van der Waals surface area (Å²) in [4.78, 5) is 76.1. The Kier molecular flexibility index (Phi) is 25.6. The van der Waals surface area contributed by atoms with E-state index in [4.69, 9.17) is 11.5 Å². The van der Waals surface area contributed by atoms with E-state index in [0.717, 1.165) is 29.2 Å². The highest BCUT2D eigenvalue weighted by Crippen LogP contribution is 2.18. The summed E-state index contributed by atoms with van der Waals surface area (Å²) < 4.78 is 26.8. The van der Waals surface area contributed by atoms with Gasteiger partial charge in [0.15, 0.2) is 5.96 Å². The van der Waals surface area contributed by atoms with Crippen LogP contribution < -0.4 is 44.2 Å². The average Bonchev–Trinajstić information content (AvgIpc) is 3.22. The number of H-pyrrole nitrogens is 2. The maximum atomic E-state index is 12.7. The number of carbonyl (C=O) groups is 2. The topological polar surface area (TPSA) is 257 Å². The number of amidine groups is 1. The number of hydrogen-bond donors (Lipinski definition) is 7. The van der Waals surface area contributed by atoms with Gasteiger partial charge in [0.1, 0.15) is 29.0 Å². The van der Waals surface area contributed by atoms with Gasteiger partial charge in [-0.2, -0.15) is 8.78 Å². The summed E-state index contributed by atoms with van der Waals surface area (Å²) in [7, 11) is 0. The van der Waals surface area contributed by atoms with Crippen LogP contribution >= 0.6 is 0 Å². The van der Waals surface area contributed by atoms with E-state index in [0.29, 0.717) is 52.8 Å². The van der Waals surface area contributed by atoms with E-state index in [2.05, 4.69) is 94.9 Å². The Balaban J connectivity index is 0.000000814. The molecule has 4 aliphatic rings. The summed E-state index contributed by atoms with van der Waals surface area (Å²) in [5, 5.41) is 7.87. The van der Waals surface area contributed by atoms with Gasteiger partial charge in [-0.1, -0.05) is 61.4 Å². The van der Waals surface area contributed by atoms with Crippen molar-refractivity contribution in [2.24, 2.45) is 27.4 Å². The minimum absolute atomic E-state index is 0. The molecular weight excluding hydrogens is 903 g/mol. The van der Waals surface area contributed by atoms with Crippen LogP contribution in [0.3, 0.4) is 0 Å². The first-order valence-corrected chi connectivity index (χ1v) is 22.1. The van der Waals surface area contributed by atoms with Crippen LogP contribution in [0.2, 0.25) is 0 Å². The third kappa shape index (κ3) is 19.9. The highest BCUT2D eigenvalue weighted by atomic mass is 19.1. The largest absolute Gasteiger partial charge is 0.384 e. The van der Waals surface area contributed by atoms with Crippen molar-refractivity contribution in [1.29, 1.82) is 0 Å². The number of aliphatic imine (C=N–C) groups is 2. The SMILES string of the molecule is C.C=C1N=C(N)C=CN1C(C)C.C=C1NC(=O)C(C)=CN1C(C)C.C=C1NC(=O)C(F)=CN1C(C)C.C=C1NC(N)=NC=C1C(C)C.CC(C)c1c[nH]c(=O)[nH]c1=O.Cc1nc(F)cn(C(C)C)c1=O. The lowest BCUT2D eigenvalue weighted by atomic mass is 10.0. The van der Waals surface area contributed by atoms with Crippen molar-refractivity contribution in [3.63, 3.8) is 0 Å². The van der Waals surface area contributed by atoms with E-state index in [-0.39, 0.29) is 48.1 Å². The van der Waals surface area contributed by atoms with Gasteiger partial charge in [-0.15, -0.1) is 0 Å². The Hall–Kier alpha value is -7.58. The maximum Gasteiger partial charge on any atom is 0.325 e. The number of amides is 2. The van der Waals surface area contributed by atoms with Crippen LogP contribution in [-0.4, -0.2) is 76.0 Å². The smallest absolute Gasteiger partial charge is 0.325 e. The number of nitrogens with zero attached hydrogens (tertiary/aromatic N) is 7. The number of aromatic amines is 2. The van der Waals surface area contributed by atoms with Crippen molar-refractivity contribution in [3.8, 4) is 0 Å². The van der Waals surface area contributed by atoms with Gasteiger partial charge in [-0.05, 0) is 92.7 Å². The number of rotatable bonds is 6. The van der Waals surface area contributed by atoms with Gasteiger partial charge in [0.25, 0.3) is 22.9 Å². The van der Waals surface area contributed by atoms with Crippen LogP contribution in [0.25, 0.3) is 0 Å². The van der Waals surface area contributed by atoms with Crippen molar-refractivity contribution in [3.05, 3.63) is 158 Å². The minimum Gasteiger partial charge on any atom is -0.384 e. The zero-order valence-corrected chi connectivity index (χ0v) is 42.4. The second kappa shape index (κ2) is 28.7. The standard InChI is InChI=1S/C9H14N2O.2C8H11FN2O.2C8H13N3.C7H10N2O2.CH4/c1-6(2)11-5-7(3)9(12)10-8(11)4;1-5(2)11-4-7(9)8(12)10-6(11)3;1-5(2)11-4-7(9)10-6(3)8(11)12;1-6(2)11-5-4-8(9)10-7(11)3;1-5(2)7-4-10-8(9)11-6(7)3;1-4(2)5-3-8-7(11)9-6(5)10;/h5-6H,4H2,1-3H3,(H,10,12);4-5H,3H2,1-2H3,(H,10,12);4-5H,1-3H3;4-6H,3H2,1-2H3,(H2,9,10);4-5H,3H2,1-2H3,(H3,9,10,11);3-4H,1-2H3,(H2,8,9,10,11);1H4. The molecule has 6 rings (SSSR count). The minimum atomic E-state index is -0.781. The number of aromatic nitrogens is 4. The average molecular weight is 979 g/mol. The lowest BCUT2D eigenvalue weighted by Gasteiger charge is -2.31. The van der Waals surface area contributed by atoms with E-state index in [1.807, 2.05) is 77.6 Å². The van der Waals surface area contributed by atoms with Gasteiger partial charge in [0, 0.05) is 72.0 Å². The van der Waals surface area contributed by atoms with Crippen molar-refractivity contribution >= 4 is 23.6 Å². The molecule has 9 N–H and O–H groups in total. The summed E-state index contributed by atoms with van der Waals surface area (Å²) in [6.45, 7) is 41.8. The van der Waals surface area contributed by atoms with Crippen LogP contribution in [0.15, 0.2) is 134 Å². The maximum absolute atomic E-state index is 12.7. The normalized spacial score (nSPS) is 15.2. The number of allylic oxidation sites excluding steroid dienone is 1. The molecule has 0 aliphatic carbocycles. The van der Waals surface area contributed by atoms with Crippen LogP contribution in [0.1, 0.15) is 121 Å². The van der Waals surface area contributed by atoms with Crippen molar-refractivity contribution in [2.75, 3.05) is 0 Å². The zero-order chi connectivity index (χ0) is 53.2. The van der Waals surface area contributed by atoms with E-state index < -0.39 is 23.4 Å². The quantitative estimate of drug-likeness (QED) is 0.166. The Labute approximate surface area is 411 Å². The van der Waals surface area contributed by atoms with Gasteiger partial charge in [0.2, 0.25) is 11.8 Å². The van der Waals surface area contributed by atoms with E-state index >= 15 is 0 Å². The third-order valence-electron chi connectivity index (χ3n) is 9.61. The molecule has 0 fully saturated rings. The molecule has 70 heavy (non-hydrogen) atoms. The van der Waals surface area contributed by atoms with E-state index in [1.54, 1.807) is 24.1 Å². The summed E-state index contributed by atoms with van der Waals surface area (Å²) >= 11 is 0. The van der Waals surface area contributed by atoms with Crippen LogP contribution in [0.4, 0.5) is 8.78 Å². The Morgan fingerprint density at radius 3 is 1.69 bits per heavy atom. The number of hydrogen-bond acceptors (Lipinski definition) is 14. The van der Waals surface area contributed by atoms with Gasteiger partial charge in [-0.25, -0.2) is 19.8 Å². The first kappa shape index (κ1) is 62.4. The number of nitrogens with one attached hydrogen (secondary N) is 5. The molecule has 2 aromatic heterocycles. The fourth-order valence-electron chi connectivity index (χ4n) is 5.84. The number of aryl methyl sites for hydroxylation is 1. The molecule has 2 aromatic rings. The molecule has 19 nitrogen and oxygen atoms in total. The van der Waals surface area contributed by atoms with Crippen molar-refractivity contribution in [2.45, 2.75) is 134 Å². The molecule has 6 heterocycles. The fraction of sp³-hybridized carbons (Fsp3) is 0.429.